The summed E-state index contributed by atoms with van der Waals surface area (Å²) in [5.74, 6) is -1.63. The second kappa shape index (κ2) is 11.0. The Morgan fingerprint density at radius 3 is 2.05 bits per heavy atom. The molecule has 0 aliphatic carbocycles. The highest BCUT2D eigenvalue weighted by Gasteiger charge is 2.19. The molecular weight excluding hydrogens is 484 g/mol. The number of aromatic nitrogens is 2. The molecule has 9 nitrogen and oxygen atoms in total. The molecule has 2 heterocycles. The van der Waals surface area contributed by atoms with Crippen LogP contribution in [0.3, 0.4) is 0 Å². The van der Waals surface area contributed by atoms with Crippen LogP contribution in [-0.4, -0.2) is 38.6 Å². The van der Waals surface area contributed by atoms with Gasteiger partial charge in [0.25, 0.3) is 11.8 Å². The van der Waals surface area contributed by atoms with E-state index in [0.717, 1.165) is 11.1 Å². The van der Waals surface area contributed by atoms with Crippen molar-refractivity contribution in [3.8, 4) is 22.4 Å². The summed E-state index contributed by atoms with van der Waals surface area (Å²) < 4.78 is 5.34. The van der Waals surface area contributed by atoms with Crippen molar-refractivity contribution in [3.63, 3.8) is 0 Å². The summed E-state index contributed by atoms with van der Waals surface area (Å²) in [6, 6.07) is 20.1. The summed E-state index contributed by atoms with van der Waals surface area (Å²) in [4.78, 5) is 46.0. The molecule has 0 bridgehead atoms. The molecular formula is C29H26N4O5. The van der Waals surface area contributed by atoms with E-state index < -0.39 is 23.4 Å². The Morgan fingerprint density at radius 2 is 1.45 bits per heavy atom. The van der Waals surface area contributed by atoms with Crippen molar-refractivity contribution in [1.29, 1.82) is 0 Å². The third-order valence-corrected chi connectivity index (χ3v) is 5.39. The summed E-state index contributed by atoms with van der Waals surface area (Å²) in [5, 5.41) is 11.8. The molecule has 0 fully saturated rings. The third kappa shape index (κ3) is 6.45. The molecule has 2 amide bonds. The topological polar surface area (TPSA) is 131 Å². The Hall–Kier alpha value is -4.89. The Labute approximate surface area is 219 Å². The molecule has 0 unspecified atom stereocenters. The van der Waals surface area contributed by atoms with Crippen molar-refractivity contribution in [2.45, 2.75) is 26.4 Å². The molecule has 4 aromatic rings. The zero-order valence-corrected chi connectivity index (χ0v) is 21.1. The van der Waals surface area contributed by atoms with Crippen LogP contribution in [-0.2, 0) is 4.74 Å². The van der Waals surface area contributed by atoms with E-state index in [1.54, 1.807) is 38.6 Å². The van der Waals surface area contributed by atoms with Gasteiger partial charge in [0.2, 0.25) is 0 Å². The lowest BCUT2D eigenvalue weighted by Crippen LogP contribution is -2.24. The number of hydrogen-bond acceptors (Lipinski definition) is 7. The molecule has 0 saturated heterocycles. The molecule has 0 radical (unpaired) electrons. The summed E-state index contributed by atoms with van der Waals surface area (Å²) in [6.45, 7) is 5.32. The van der Waals surface area contributed by atoms with Gasteiger partial charge in [0, 0.05) is 29.1 Å². The van der Waals surface area contributed by atoms with Crippen LogP contribution in [0.5, 0.6) is 0 Å². The number of anilines is 1. The van der Waals surface area contributed by atoms with Crippen molar-refractivity contribution in [2.75, 3.05) is 5.32 Å². The average Bonchev–Trinajstić information content (AvgIpc) is 2.92. The number of pyridine rings is 2. The highest BCUT2D eigenvalue weighted by molar-refractivity contribution is 6.05. The number of ether oxygens (including phenoxy) is 1. The third-order valence-electron chi connectivity index (χ3n) is 5.39. The van der Waals surface area contributed by atoms with E-state index in [-0.39, 0.29) is 16.9 Å². The molecule has 0 saturated carbocycles. The fourth-order valence-electron chi connectivity index (χ4n) is 3.59. The molecule has 0 aliphatic heterocycles. The lowest BCUT2D eigenvalue weighted by atomic mass is 10.0. The van der Waals surface area contributed by atoms with Gasteiger partial charge in [-0.25, -0.2) is 15.3 Å². The molecule has 9 heteroatoms. The number of benzene rings is 2. The van der Waals surface area contributed by atoms with Gasteiger partial charge in [0.05, 0.1) is 11.3 Å². The van der Waals surface area contributed by atoms with Gasteiger partial charge in [-0.15, -0.1) is 0 Å². The number of rotatable bonds is 6. The first kappa shape index (κ1) is 26.2. The van der Waals surface area contributed by atoms with Gasteiger partial charge in [0.15, 0.2) is 0 Å². The van der Waals surface area contributed by atoms with E-state index in [2.05, 4.69) is 15.3 Å². The second-order valence-corrected chi connectivity index (χ2v) is 9.42. The van der Waals surface area contributed by atoms with Crippen LogP contribution in [0, 0.1) is 0 Å². The van der Waals surface area contributed by atoms with E-state index >= 15 is 0 Å². The van der Waals surface area contributed by atoms with Crippen LogP contribution in [0.4, 0.5) is 5.82 Å². The van der Waals surface area contributed by atoms with Crippen LogP contribution in [0.15, 0.2) is 85.2 Å². The van der Waals surface area contributed by atoms with Crippen LogP contribution in [0.25, 0.3) is 22.4 Å². The normalized spacial score (nSPS) is 10.9. The van der Waals surface area contributed by atoms with Crippen molar-refractivity contribution < 1.29 is 24.3 Å². The SMILES string of the molecule is CC(C)(C)OC(=O)c1ccc(C(=O)Nc2cc(C(=O)NO)cc(-c3ccc(-c4cccnc4)cc3)n2)cc1. The lowest BCUT2D eigenvalue weighted by Gasteiger charge is -2.19. The first-order valence-corrected chi connectivity index (χ1v) is 11.7. The zero-order chi connectivity index (χ0) is 27.3. The first-order chi connectivity index (χ1) is 18.1. The first-order valence-electron chi connectivity index (χ1n) is 11.7. The number of hydrogen-bond donors (Lipinski definition) is 3. The van der Waals surface area contributed by atoms with Gasteiger partial charge < -0.3 is 10.1 Å². The van der Waals surface area contributed by atoms with Gasteiger partial charge in [-0.05, 0) is 74.4 Å². The van der Waals surface area contributed by atoms with Gasteiger partial charge in [0.1, 0.15) is 11.4 Å². The van der Waals surface area contributed by atoms with E-state index in [9.17, 15) is 14.4 Å². The highest BCUT2D eigenvalue weighted by Crippen LogP contribution is 2.26. The Kier molecular flexibility index (Phi) is 7.59. The monoisotopic (exact) mass is 510 g/mol. The van der Waals surface area contributed by atoms with Crippen LogP contribution < -0.4 is 10.8 Å². The molecule has 3 N–H and O–H groups in total. The maximum absolute atomic E-state index is 12.9. The van der Waals surface area contributed by atoms with E-state index in [4.69, 9.17) is 9.94 Å². The van der Waals surface area contributed by atoms with E-state index in [1.165, 1.54) is 36.4 Å². The van der Waals surface area contributed by atoms with Gasteiger partial charge in [-0.1, -0.05) is 30.3 Å². The quantitative estimate of drug-likeness (QED) is 0.186. The average molecular weight is 511 g/mol. The number of amides is 2. The van der Waals surface area contributed by atoms with Crippen LogP contribution in [0.2, 0.25) is 0 Å². The maximum atomic E-state index is 12.9. The predicted octanol–water partition coefficient (Wildman–Crippen LogP) is 5.14. The minimum absolute atomic E-state index is 0.101. The van der Waals surface area contributed by atoms with Crippen molar-refractivity contribution >= 4 is 23.6 Å². The second-order valence-electron chi connectivity index (χ2n) is 9.42. The summed E-state index contributed by atoms with van der Waals surface area (Å²) >= 11 is 0. The number of hydroxylamine groups is 1. The van der Waals surface area contributed by atoms with Crippen LogP contribution >= 0.6 is 0 Å². The minimum Gasteiger partial charge on any atom is -0.456 e. The van der Waals surface area contributed by atoms with Crippen molar-refractivity contribution in [2.24, 2.45) is 0 Å². The fraction of sp³-hybridized carbons (Fsp3) is 0.138. The number of carbonyl (C=O) groups is 3. The van der Waals surface area contributed by atoms with Crippen LogP contribution in [0.1, 0.15) is 51.8 Å². The molecule has 192 valence electrons. The van der Waals surface area contributed by atoms with E-state index in [0.29, 0.717) is 16.8 Å². The predicted molar refractivity (Wildman–Crippen MR) is 142 cm³/mol. The molecule has 38 heavy (non-hydrogen) atoms. The molecule has 0 atom stereocenters. The lowest BCUT2D eigenvalue weighted by molar-refractivity contribution is 0.00692. The zero-order valence-electron chi connectivity index (χ0n) is 21.1. The van der Waals surface area contributed by atoms with Crippen molar-refractivity contribution in [1.82, 2.24) is 15.4 Å². The summed E-state index contributed by atoms with van der Waals surface area (Å²) in [5.41, 5.74) is 4.67. The largest absolute Gasteiger partial charge is 0.456 e. The summed E-state index contributed by atoms with van der Waals surface area (Å²) in [7, 11) is 0. The van der Waals surface area contributed by atoms with Crippen molar-refractivity contribution in [3.05, 3.63) is 102 Å². The number of esters is 1. The minimum atomic E-state index is -0.752. The van der Waals surface area contributed by atoms with E-state index in [1.807, 2.05) is 36.4 Å². The Bertz CT molecular complexity index is 1460. The molecule has 4 rings (SSSR count). The number of carbonyl (C=O) groups excluding carboxylic acids is 3. The standard InChI is InChI=1S/C29H26N4O5/c1-29(2,3)38-28(36)21-12-10-20(11-13-21)26(34)32-25-16-23(27(35)33-37)15-24(31-25)19-8-6-18(7-9-19)22-5-4-14-30-17-22/h4-17,37H,1-3H3,(H,33,35)(H,31,32,34). The number of nitrogens with zero attached hydrogens (tertiary/aromatic N) is 2. The molecule has 2 aromatic carbocycles. The maximum Gasteiger partial charge on any atom is 0.338 e. The van der Waals surface area contributed by atoms with Gasteiger partial charge in [-0.2, -0.15) is 0 Å². The molecule has 0 aliphatic rings. The Balaban J connectivity index is 1.58. The van der Waals surface area contributed by atoms with Gasteiger partial charge in [-0.3, -0.25) is 19.8 Å². The summed E-state index contributed by atoms with van der Waals surface area (Å²) in [6.07, 6.45) is 3.46. The fourth-order valence-corrected chi connectivity index (χ4v) is 3.59. The number of nitrogens with one attached hydrogen (secondary N) is 2. The Morgan fingerprint density at radius 1 is 0.789 bits per heavy atom. The molecule has 2 aromatic heterocycles. The molecule has 0 spiro atoms. The highest BCUT2D eigenvalue weighted by atomic mass is 16.6. The van der Waals surface area contributed by atoms with Gasteiger partial charge >= 0.3 is 5.97 Å². The smallest absolute Gasteiger partial charge is 0.338 e.